The van der Waals surface area contributed by atoms with Crippen LogP contribution in [0.2, 0.25) is 0 Å². The Hall–Kier alpha value is -0.800. The van der Waals surface area contributed by atoms with Gasteiger partial charge in [-0.2, -0.15) is 0 Å². The van der Waals surface area contributed by atoms with E-state index < -0.39 is 0 Å². The molecule has 1 aliphatic rings. The van der Waals surface area contributed by atoms with Gasteiger partial charge in [0.25, 0.3) is 0 Å². The lowest BCUT2D eigenvalue weighted by atomic mass is 10.2. The van der Waals surface area contributed by atoms with Crippen molar-refractivity contribution in [3.63, 3.8) is 0 Å². The van der Waals surface area contributed by atoms with E-state index in [1.54, 1.807) is 12.5 Å². The quantitative estimate of drug-likeness (QED) is 0.685. The third-order valence-electron chi connectivity index (χ3n) is 2.06. The molecule has 0 aromatic carbocycles. The molecule has 0 saturated carbocycles. The van der Waals surface area contributed by atoms with Crippen molar-refractivity contribution in [3.05, 3.63) is 24.2 Å². The minimum absolute atomic E-state index is 0.172. The molecule has 1 atom stereocenters. The van der Waals surface area contributed by atoms with Gasteiger partial charge in [-0.25, -0.2) is 0 Å². The molecule has 0 aliphatic carbocycles. The summed E-state index contributed by atoms with van der Waals surface area (Å²) in [6, 6.07) is 1.96. The zero-order valence-corrected chi connectivity index (χ0v) is 6.95. The first-order valence-corrected chi connectivity index (χ1v) is 4.31. The van der Waals surface area contributed by atoms with Gasteiger partial charge in [0.05, 0.1) is 18.6 Å². The predicted molar refractivity (Wildman–Crippen MR) is 44.9 cm³/mol. The Morgan fingerprint density at radius 3 is 3.33 bits per heavy atom. The average Bonchev–Trinajstić information content (AvgIpc) is 2.48. The lowest BCUT2D eigenvalue weighted by Gasteiger charge is -2.11. The zero-order chi connectivity index (χ0) is 8.23. The van der Waals surface area contributed by atoms with E-state index in [4.69, 9.17) is 9.15 Å². The maximum absolute atomic E-state index is 5.62. The van der Waals surface area contributed by atoms with Crippen molar-refractivity contribution in [2.45, 2.75) is 12.5 Å². The summed E-state index contributed by atoms with van der Waals surface area (Å²) in [5.41, 5.74) is 1.13. The molecule has 3 heteroatoms. The van der Waals surface area contributed by atoms with Crippen molar-refractivity contribution in [3.8, 4) is 0 Å². The van der Waals surface area contributed by atoms with Gasteiger partial charge in [-0.1, -0.05) is 0 Å². The van der Waals surface area contributed by atoms with E-state index in [1.807, 2.05) is 6.07 Å². The van der Waals surface area contributed by atoms with Gasteiger partial charge in [0.2, 0.25) is 0 Å². The number of hydrogen-bond donors (Lipinski definition) is 1. The predicted octanol–water partition coefficient (Wildman–Crippen LogP) is 1.33. The van der Waals surface area contributed by atoms with Crippen LogP contribution in [0.1, 0.15) is 18.1 Å². The van der Waals surface area contributed by atoms with Crippen LogP contribution in [0.5, 0.6) is 0 Å². The highest BCUT2D eigenvalue weighted by Gasteiger charge is 2.14. The first-order valence-electron chi connectivity index (χ1n) is 4.31. The maximum atomic E-state index is 5.62. The molecule has 3 nitrogen and oxygen atoms in total. The van der Waals surface area contributed by atoms with Crippen molar-refractivity contribution in [2.24, 2.45) is 0 Å². The van der Waals surface area contributed by atoms with Crippen molar-refractivity contribution < 1.29 is 9.15 Å². The number of hydrogen-bond acceptors (Lipinski definition) is 3. The van der Waals surface area contributed by atoms with E-state index >= 15 is 0 Å². The number of nitrogens with one attached hydrogen (secondary N) is 1. The van der Waals surface area contributed by atoms with Crippen LogP contribution in [0, 0.1) is 0 Å². The molecule has 1 aromatic heterocycles. The Balaban J connectivity index is 2.02. The molecule has 1 unspecified atom stereocenters. The zero-order valence-electron chi connectivity index (χ0n) is 6.95. The van der Waals surface area contributed by atoms with Gasteiger partial charge in [-0.3, -0.25) is 0 Å². The second-order valence-corrected chi connectivity index (χ2v) is 2.97. The summed E-state index contributed by atoms with van der Waals surface area (Å²) in [5.74, 6) is 0. The summed E-state index contributed by atoms with van der Waals surface area (Å²) in [6.07, 6.45) is 4.70. The summed E-state index contributed by atoms with van der Waals surface area (Å²) in [5, 5.41) is 3.32. The SMILES string of the molecule is c1cc(C2CNCCCO2)co1. The standard InChI is InChI=1S/C9H13NO2/c1-3-10-6-9(12-4-1)8-2-5-11-7-8/h2,5,7,9-10H,1,3-4,6H2. The lowest BCUT2D eigenvalue weighted by molar-refractivity contribution is 0.0665. The Morgan fingerprint density at radius 2 is 2.50 bits per heavy atom. The molecule has 1 aromatic rings. The summed E-state index contributed by atoms with van der Waals surface area (Å²) in [4.78, 5) is 0. The number of furan rings is 1. The molecule has 1 aliphatic heterocycles. The van der Waals surface area contributed by atoms with Crippen molar-refractivity contribution in [1.82, 2.24) is 5.32 Å². The van der Waals surface area contributed by atoms with Crippen LogP contribution >= 0.6 is 0 Å². The molecule has 0 spiro atoms. The fourth-order valence-electron chi connectivity index (χ4n) is 1.39. The lowest BCUT2D eigenvalue weighted by Crippen LogP contribution is -2.19. The van der Waals surface area contributed by atoms with Crippen molar-refractivity contribution in [2.75, 3.05) is 19.7 Å². The summed E-state index contributed by atoms with van der Waals surface area (Å²) in [6.45, 7) is 2.77. The Labute approximate surface area is 71.7 Å². The van der Waals surface area contributed by atoms with Gasteiger partial charge in [0.1, 0.15) is 0 Å². The van der Waals surface area contributed by atoms with Gasteiger partial charge in [0, 0.05) is 18.7 Å². The average molecular weight is 167 g/mol. The Kier molecular flexibility index (Phi) is 2.44. The maximum Gasteiger partial charge on any atom is 0.0980 e. The van der Waals surface area contributed by atoms with Gasteiger partial charge >= 0.3 is 0 Å². The first-order chi connectivity index (χ1) is 5.97. The van der Waals surface area contributed by atoms with E-state index in [9.17, 15) is 0 Å². The highest BCUT2D eigenvalue weighted by atomic mass is 16.5. The van der Waals surface area contributed by atoms with E-state index in [2.05, 4.69) is 5.32 Å². The van der Waals surface area contributed by atoms with Crippen LogP contribution in [0.4, 0.5) is 0 Å². The van der Waals surface area contributed by atoms with Crippen molar-refractivity contribution >= 4 is 0 Å². The minimum Gasteiger partial charge on any atom is -0.472 e. The smallest absolute Gasteiger partial charge is 0.0980 e. The first kappa shape index (κ1) is 7.83. The molecular formula is C9H13NO2. The second kappa shape index (κ2) is 3.74. The third kappa shape index (κ3) is 1.68. The molecule has 1 fully saturated rings. The molecule has 2 rings (SSSR count). The molecule has 0 amide bonds. The Morgan fingerprint density at radius 1 is 1.50 bits per heavy atom. The van der Waals surface area contributed by atoms with Crippen LogP contribution in [0.3, 0.4) is 0 Å². The van der Waals surface area contributed by atoms with E-state index in [0.717, 1.165) is 31.7 Å². The highest BCUT2D eigenvalue weighted by Crippen LogP contribution is 2.18. The monoisotopic (exact) mass is 167 g/mol. The third-order valence-corrected chi connectivity index (χ3v) is 2.06. The molecule has 0 radical (unpaired) electrons. The van der Waals surface area contributed by atoms with E-state index in [1.165, 1.54) is 0 Å². The molecular weight excluding hydrogens is 154 g/mol. The minimum atomic E-state index is 0.172. The van der Waals surface area contributed by atoms with Gasteiger partial charge in [-0.05, 0) is 19.0 Å². The largest absolute Gasteiger partial charge is 0.472 e. The fraction of sp³-hybridized carbons (Fsp3) is 0.556. The van der Waals surface area contributed by atoms with E-state index in [-0.39, 0.29) is 6.10 Å². The molecule has 0 bridgehead atoms. The van der Waals surface area contributed by atoms with Crippen LogP contribution in [0.25, 0.3) is 0 Å². The summed E-state index contributed by atoms with van der Waals surface area (Å²) in [7, 11) is 0. The highest BCUT2D eigenvalue weighted by molar-refractivity contribution is 5.10. The number of ether oxygens (including phenoxy) is 1. The van der Waals surface area contributed by atoms with Crippen LogP contribution in [-0.2, 0) is 4.74 Å². The number of rotatable bonds is 1. The fourth-order valence-corrected chi connectivity index (χ4v) is 1.39. The summed E-state index contributed by atoms with van der Waals surface area (Å²) >= 11 is 0. The molecule has 1 saturated heterocycles. The Bertz CT molecular complexity index is 212. The molecule has 1 N–H and O–H groups in total. The topological polar surface area (TPSA) is 34.4 Å². The summed E-state index contributed by atoms with van der Waals surface area (Å²) < 4.78 is 10.6. The van der Waals surface area contributed by atoms with Crippen LogP contribution < -0.4 is 5.32 Å². The van der Waals surface area contributed by atoms with Gasteiger partial charge < -0.3 is 14.5 Å². The second-order valence-electron chi connectivity index (χ2n) is 2.97. The molecule has 12 heavy (non-hydrogen) atoms. The normalized spacial score (nSPS) is 25.2. The van der Waals surface area contributed by atoms with Gasteiger partial charge in [-0.15, -0.1) is 0 Å². The van der Waals surface area contributed by atoms with Crippen molar-refractivity contribution in [1.29, 1.82) is 0 Å². The van der Waals surface area contributed by atoms with Gasteiger partial charge in [0.15, 0.2) is 0 Å². The molecule has 66 valence electrons. The van der Waals surface area contributed by atoms with E-state index in [0.29, 0.717) is 0 Å². The van der Waals surface area contributed by atoms with Crippen LogP contribution in [-0.4, -0.2) is 19.7 Å². The van der Waals surface area contributed by atoms with Crippen LogP contribution in [0.15, 0.2) is 23.0 Å². The molecule has 2 heterocycles.